The summed E-state index contributed by atoms with van der Waals surface area (Å²) >= 11 is 0. The largest absolute Gasteiger partial charge is 0.481 e. The summed E-state index contributed by atoms with van der Waals surface area (Å²) in [5.41, 5.74) is -0.105. The van der Waals surface area contributed by atoms with Gasteiger partial charge in [-0.05, 0) is 121 Å². The van der Waals surface area contributed by atoms with E-state index in [0.717, 1.165) is 70.6 Å². The number of ether oxygens (including phenoxy) is 2. The second-order valence-corrected chi connectivity index (χ2v) is 19.6. The van der Waals surface area contributed by atoms with Crippen molar-refractivity contribution in [2.75, 3.05) is 0 Å². The molecule has 5 N–H and O–H groups in total. The highest BCUT2D eigenvalue weighted by molar-refractivity contribution is 5.79. The Balaban J connectivity index is 1.18. The zero-order valence-corrected chi connectivity index (χ0v) is 30.2. The molecule has 2 bridgehead atoms. The van der Waals surface area contributed by atoms with Crippen molar-refractivity contribution < 1.29 is 44.6 Å². The van der Waals surface area contributed by atoms with Crippen molar-refractivity contribution >= 4 is 11.9 Å². The maximum atomic E-state index is 13.4. The summed E-state index contributed by atoms with van der Waals surface area (Å²) in [5.74, 6) is -0.595. The minimum absolute atomic E-state index is 0.00184. The van der Waals surface area contributed by atoms with Gasteiger partial charge in [-0.25, -0.2) is 4.79 Å². The molecule has 0 unspecified atom stereocenters. The summed E-state index contributed by atoms with van der Waals surface area (Å²) in [6, 6.07) is 0. The summed E-state index contributed by atoms with van der Waals surface area (Å²) in [4.78, 5) is 25.3. The quantitative estimate of drug-likeness (QED) is 0.185. The number of rotatable bonds is 4. The second-order valence-electron chi connectivity index (χ2n) is 19.6. The number of carboxylic acid groups (broad SMARTS) is 2. The first-order valence-corrected chi connectivity index (χ1v) is 19.0. The van der Waals surface area contributed by atoms with Gasteiger partial charge in [0, 0.05) is 5.41 Å². The SMILES string of the molecule is CC1(C)[C@@H](O[C@@H]2O[C@H](C(=O)O)[C@@H](O)[C@H](O)[C@H]2O)C[C@H]2CC[C@@H]3C=C4[C@@]56C=CC[C@@](C)(CC[C@]5(C(=O)O)CC[C@@]4(C)[C@]4(C)CC[C@@H]1[C@@]2(C)[C@@H]34)C6. The first-order chi connectivity index (χ1) is 22.8. The molecule has 9 heteroatoms. The van der Waals surface area contributed by atoms with Crippen molar-refractivity contribution in [3.8, 4) is 0 Å². The maximum absolute atomic E-state index is 13.4. The van der Waals surface area contributed by atoms with Crippen molar-refractivity contribution in [1.29, 1.82) is 0 Å². The summed E-state index contributed by atoms with van der Waals surface area (Å²) in [6.07, 6.45) is 9.04. The smallest absolute Gasteiger partial charge is 0.335 e. The monoisotopic (exact) mass is 682 g/mol. The molecule has 0 aromatic carbocycles. The molecule has 7 aliphatic carbocycles. The van der Waals surface area contributed by atoms with Crippen LogP contribution in [0.2, 0.25) is 0 Å². The van der Waals surface area contributed by atoms with Gasteiger partial charge in [0.25, 0.3) is 0 Å². The van der Waals surface area contributed by atoms with Crippen LogP contribution in [0, 0.1) is 61.6 Å². The molecule has 8 aliphatic rings. The van der Waals surface area contributed by atoms with Crippen LogP contribution in [0.4, 0.5) is 0 Å². The first kappa shape index (κ1) is 34.3. The summed E-state index contributed by atoms with van der Waals surface area (Å²) in [5, 5.41) is 52.4. The van der Waals surface area contributed by atoms with Gasteiger partial charge in [0.15, 0.2) is 12.4 Å². The number of aliphatic carboxylic acids is 2. The van der Waals surface area contributed by atoms with E-state index >= 15 is 0 Å². The zero-order chi connectivity index (χ0) is 35.3. The Morgan fingerprint density at radius 3 is 2.29 bits per heavy atom. The van der Waals surface area contributed by atoms with Crippen molar-refractivity contribution in [2.45, 2.75) is 149 Å². The first-order valence-electron chi connectivity index (χ1n) is 19.0. The zero-order valence-electron chi connectivity index (χ0n) is 30.2. The van der Waals surface area contributed by atoms with Crippen LogP contribution in [0.15, 0.2) is 23.8 Å². The molecule has 5 saturated carbocycles. The molecule has 1 spiro atoms. The van der Waals surface area contributed by atoms with Gasteiger partial charge in [-0.3, -0.25) is 4.79 Å². The van der Waals surface area contributed by atoms with E-state index in [0.29, 0.717) is 23.7 Å². The van der Waals surface area contributed by atoms with Gasteiger partial charge in [0.2, 0.25) is 0 Å². The molecule has 272 valence electrons. The lowest BCUT2D eigenvalue weighted by atomic mass is 9.27. The third-order valence-electron chi connectivity index (χ3n) is 17.5. The van der Waals surface area contributed by atoms with Crippen molar-refractivity contribution in [3.05, 3.63) is 23.8 Å². The molecule has 0 aromatic heterocycles. The molecular weight excluding hydrogens is 624 g/mol. The van der Waals surface area contributed by atoms with Crippen molar-refractivity contribution in [3.63, 3.8) is 0 Å². The fraction of sp³-hybridized carbons (Fsp3) is 0.850. The Morgan fingerprint density at radius 2 is 1.59 bits per heavy atom. The standard InChI is InChI=1S/C40H58O9/c1-34(2)23-10-13-37(5)30-21(18-24-36(37,4)15-17-39(33(46)47)16-14-35(3)11-7-12-40(24,39)20-35)8-9-22(38(23,30)6)19-25(34)48-32-28(43)26(41)27(42)29(49-32)31(44)45/h7,12,18,21-23,25-30,32,41-43H,8-11,13-17,19-20H2,1-6H3,(H,44,45)(H,46,47)/t21-,22-,23+,25+,26+,27+,28-,29+,30+,32-,35+,36-,37-,38+,39-,40+/m1/s1. The molecule has 9 nitrogen and oxygen atoms in total. The number of aliphatic hydroxyl groups is 3. The highest BCUT2D eigenvalue weighted by Gasteiger charge is 2.76. The number of allylic oxidation sites excluding steroid dienone is 4. The molecular formula is C40H58O9. The number of hydrogen-bond donors (Lipinski definition) is 5. The average molecular weight is 683 g/mol. The van der Waals surface area contributed by atoms with Gasteiger partial charge in [-0.15, -0.1) is 0 Å². The van der Waals surface area contributed by atoms with Crippen molar-refractivity contribution in [2.24, 2.45) is 61.6 Å². The van der Waals surface area contributed by atoms with E-state index < -0.39 is 53.5 Å². The molecule has 49 heavy (non-hydrogen) atoms. The highest BCUT2D eigenvalue weighted by Crippen LogP contribution is 2.82. The van der Waals surface area contributed by atoms with E-state index in [1.165, 1.54) is 5.57 Å². The summed E-state index contributed by atoms with van der Waals surface area (Å²) in [6.45, 7) is 14.5. The molecule has 16 atom stereocenters. The van der Waals surface area contributed by atoms with E-state index in [1.807, 2.05) is 0 Å². The van der Waals surface area contributed by atoms with Crippen molar-refractivity contribution in [1.82, 2.24) is 0 Å². The van der Waals surface area contributed by atoms with Crippen LogP contribution in [0.3, 0.4) is 0 Å². The number of fused-ring (bicyclic) bond motifs is 3. The molecule has 8 rings (SSSR count). The lowest BCUT2D eigenvalue weighted by Crippen LogP contribution is -2.71. The highest BCUT2D eigenvalue weighted by atomic mass is 16.7. The topological polar surface area (TPSA) is 154 Å². The predicted octanol–water partition coefficient (Wildman–Crippen LogP) is 5.71. The summed E-state index contributed by atoms with van der Waals surface area (Å²) in [7, 11) is 0. The lowest BCUT2D eigenvalue weighted by molar-refractivity contribution is -0.332. The minimum Gasteiger partial charge on any atom is -0.481 e. The Morgan fingerprint density at radius 1 is 0.878 bits per heavy atom. The van der Waals surface area contributed by atoms with Gasteiger partial charge in [-0.2, -0.15) is 0 Å². The van der Waals surface area contributed by atoms with Gasteiger partial charge >= 0.3 is 11.9 Å². The predicted molar refractivity (Wildman–Crippen MR) is 180 cm³/mol. The molecule has 0 aromatic rings. The molecule has 1 heterocycles. The summed E-state index contributed by atoms with van der Waals surface area (Å²) < 4.78 is 12.2. The molecule has 1 saturated heterocycles. The molecule has 0 radical (unpaired) electrons. The lowest BCUT2D eigenvalue weighted by Gasteiger charge is -2.77. The average Bonchev–Trinajstić information content (AvgIpc) is 3.01. The molecule has 1 aliphatic heterocycles. The normalized spacial score (nSPS) is 56.8. The maximum Gasteiger partial charge on any atom is 0.335 e. The van der Waals surface area contributed by atoms with Gasteiger partial charge in [0.1, 0.15) is 18.3 Å². The van der Waals surface area contributed by atoms with Crippen LogP contribution in [0.25, 0.3) is 0 Å². The van der Waals surface area contributed by atoms with Crippen LogP contribution in [-0.2, 0) is 19.1 Å². The Labute approximate surface area is 290 Å². The second kappa shape index (κ2) is 10.4. The van der Waals surface area contributed by atoms with E-state index in [1.54, 1.807) is 0 Å². The number of carboxylic acids is 2. The fourth-order valence-corrected chi connectivity index (χ4v) is 14.9. The van der Waals surface area contributed by atoms with Crippen LogP contribution in [0.1, 0.15) is 112 Å². The van der Waals surface area contributed by atoms with Crippen LogP contribution >= 0.6 is 0 Å². The molecule has 6 fully saturated rings. The van der Waals surface area contributed by atoms with E-state index in [4.69, 9.17) is 9.47 Å². The van der Waals surface area contributed by atoms with Crippen LogP contribution < -0.4 is 0 Å². The Bertz CT molecular complexity index is 1500. The van der Waals surface area contributed by atoms with Gasteiger partial charge in [0.05, 0.1) is 11.5 Å². The number of hydrogen-bond acceptors (Lipinski definition) is 7. The minimum atomic E-state index is -1.75. The number of aliphatic hydroxyl groups excluding tert-OH is 3. The van der Waals surface area contributed by atoms with Crippen LogP contribution in [-0.4, -0.2) is 74.3 Å². The third-order valence-corrected chi connectivity index (χ3v) is 17.5. The Hall–Kier alpha value is -1.78. The van der Waals surface area contributed by atoms with E-state index in [2.05, 4.69) is 59.8 Å². The Kier molecular flexibility index (Phi) is 7.30. The van der Waals surface area contributed by atoms with Gasteiger partial charge in [-0.1, -0.05) is 65.3 Å². The third kappa shape index (κ3) is 4.06. The van der Waals surface area contributed by atoms with E-state index in [9.17, 15) is 35.1 Å². The number of carbonyl (C=O) groups is 2. The van der Waals surface area contributed by atoms with Gasteiger partial charge < -0.3 is 35.0 Å². The fourth-order valence-electron chi connectivity index (χ4n) is 14.9. The van der Waals surface area contributed by atoms with E-state index in [-0.39, 0.29) is 33.2 Å². The van der Waals surface area contributed by atoms with Crippen LogP contribution in [0.5, 0.6) is 0 Å². The molecule has 0 amide bonds.